The lowest BCUT2D eigenvalue weighted by Gasteiger charge is -2.01. The van der Waals surface area contributed by atoms with E-state index in [-0.39, 0.29) is 11.9 Å². The van der Waals surface area contributed by atoms with Crippen LogP contribution >= 0.6 is 0 Å². The van der Waals surface area contributed by atoms with Crippen molar-refractivity contribution < 1.29 is 19.4 Å². The molecule has 0 bridgehead atoms. The second kappa shape index (κ2) is 19.5. The summed E-state index contributed by atoms with van der Waals surface area (Å²) in [6.45, 7) is 8.46. The molecule has 1 N–H and O–H groups in total. The average Bonchev–Trinajstić information content (AvgIpc) is 2.55. The van der Waals surface area contributed by atoms with Crippen LogP contribution in [0.3, 0.4) is 0 Å². The topological polar surface area (TPSA) is 63.6 Å². The summed E-state index contributed by atoms with van der Waals surface area (Å²) in [5, 5.41) is 8.68. The second-order valence-electron chi connectivity index (χ2n) is 5.55. The summed E-state index contributed by atoms with van der Waals surface area (Å²) in [6, 6.07) is 0. The molecule has 0 saturated heterocycles. The normalized spacial score (nSPS) is 12.0. The summed E-state index contributed by atoms with van der Waals surface area (Å²) < 4.78 is 4.76. The summed E-state index contributed by atoms with van der Waals surface area (Å²) in [5.74, 6) is -1.14. The molecule has 4 nitrogen and oxygen atoms in total. The Labute approximate surface area is 148 Å². The maximum absolute atomic E-state index is 10.8. The van der Waals surface area contributed by atoms with E-state index in [4.69, 9.17) is 9.84 Å². The van der Waals surface area contributed by atoms with Crippen LogP contribution in [-0.2, 0) is 14.3 Å². The van der Waals surface area contributed by atoms with Gasteiger partial charge in [0.05, 0.1) is 18.9 Å². The summed E-state index contributed by atoms with van der Waals surface area (Å²) in [7, 11) is 0. The van der Waals surface area contributed by atoms with Gasteiger partial charge in [-0.2, -0.15) is 0 Å². The van der Waals surface area contributed by atoms with Gasteiger partial charge in [-0.15, -0.1) is 0 Å². The van der Waals surface area contributed by atoms with Crippen LogP contribution in [-0.4, -0.2) is 23.7 Å². The third-order valence-electron chi connectivity index (χ3n) is 3.33. The van der Waals surface area contributed by atoms with E-state index >= 15 is 0 Å². The summed E-state index contributed by atoms with van der Waals surface area (Å²) in [5.41, 5.74) is 0. The number of allylic oxidation sites excluding steroid dienone is 2. The Hall–Kier alpha value is -1.58. The van der Waals surface area contributed by atoms with Gasteiger partial charge >= 0.3 is 11.9 Å². The van der Waals surface area contributed by atoms with Gasteiger partial charge in [-0.25, -0.2) is 0 Å². The number of hydrogen-bond acceptors (Lipinski definition) is 3. The Kier molecular flexibility index (Phi) is 20.0. The number of esters is 1. The lowest BCUT2D eigenvalue weighted by Crippen LogP contribution is -2.08. The molecule has 0 aliphatic carbocycles. The van der Waals surface area contributed by atoms with E-state index in [1.54, 1.807) is 6.08 Å². The number of hydrogen-bond donors (Lipinski definition) is 1. The van der Waals surface area contributed by atoms with Gasteiger partial charge in [0, 0.05) is 0 Å². The van der Waals surface area contributed by atoms with Gasteiger partial charge in [-0.1, -0.05) is 70.8 Å². The van der Waals surface area contributed by atoms with Crippen molar-refractivity contribution in [2.45, 2.75) is 79.1 Å². The van der Waals surface area contributed by atoms with E-state index in [0.717, 1.165) is 25.7 Å². The zero-order chi connectivity index (χ0) is 18.6. The Bertz CT molecular complexity index is 357. The summed E-state index contributed by atoms with van der Waals surface area (Å²) in [4.78, 5) is 21.3. The molecular formula is C20H36O4. The van der Waals surface area contributed by atoms with Crippen molar-refractivity contribution >= 4 is 11.9 Å². The third-order valence-corrected chi connectivity index (χ3v) is 3.33. The molecule has 0 amide bonds. The lowest BCUT2D eigenvalue weighted by molar-refractivity contribution is -0.142. The molecule has 0 radical (unpaired) electrons. The van der Waals surface area contributed by atoms with Crippen molar-refractivity contribution in [1.82, 2.24) is 0 Å². The molecular weight excluding hydrogens is 304 g/mol. The number of carbonyl (C=O) groups is 2. The van der Waals surface area contributed by atoms with Crippen LogP contribution in [0.2, 0.25) is 0 Å². The fourth-order valence-electron chi connectivity index (χ4n) is 1.81. The van der Waals surface area contributed by atoms with Crippen molar-refractivity contribution in [2.75, 3.05) is 6.61 Å². The van der Waals surface area contributed by atoms with Crippen molar-refractivity contribution in [1.29, 1.82) is 0 Å². The number of ether oxygens (including phenoxy) is 1. The summed E-state index contributed by atoms with van der Waals surface area (Å²) in [6.07, 6.45) is 15.6. The molecule has 0 aliphatic rings. The molecule has 0 aromatic heterocycles. The Morgan fingerprint density at radius 2 is 1.54 bits per heavy atom. The first-order valence-electron chi connectivity index (χ1n) is 9.23. The smallest absolute Gasteiger partial charge is 0.310 e. The first-order chi connectivity index (χ1) is 11.5. The molecule has 4 heteroatoms. The molecule has 0 aliphatic heterocycles. The first-order valence-corrected chi connectivity index (χ1v) is 9.23. The monoisotopic (exact) mass is 340 g/mol. The van der Waals surface area contributed by atoms with Crippen molar-refractivity contribution in [2.24, 2.45) is 5.92 Å². The molecule has 1 unspecified atom stereocenters. The van der Waals surface area contributed by atoms with E-state index in [9.17, 15) is 9.59 Å². The lowest BCUT2D eigenvalue weighted by atomic mass is 10.1. The molecule has 0 heterocycles. The van der Waals surface area contributed by atoms with Gasteiger partial charge in [-0.3, -0.25) is 9.59 Å². The van der Waals surface area contributed by atoms with Crippen LogP contribution in [0, 0.1) is 5.92 Å². The first kappa shape index (κ1) is 24.7. The summed E-state index contributed by atoms with van der Waals surface area (Å²) >= 11 is 0. The zero-order valence-corrected chi connectivity index (χ0v) is 15.9. The van der Waals surface area contributed by atoms with Gasteiger partial charge < -0.3 is 9.84 Å². The van der Waals surface area contributed by atoms with Gasteiger partial charge in [0.25, 0.3) is 0 Å². The van der Waals surface area contributed by atoms with Gasteiger partial charge in [0.2, 0.25) is 0 Å². The fourth-order valence-corrected chi connectivity index (χ4v) is 1.81. The molecule has 140 valence electrons. The SMILES string of the molecule is CCCCC=CC(CC)C(=O)O.CCCCC=CCC(=O)OCC. The van der Waals surface area contributed by atoms with Crippen LogP contribution in [0.5, 0.6) is 0 Å². The second-order valence-corrected chi connectivity index (χ2v) is 5.55. The molecule has 0 saturated carbocycles. The highest BCUT2D eigenvalue weighted by Crippen LogP contribution is 2.06. The van der Waals surface area contributed by atoms with Crippen LogP contribution in [0.1, 0.15) is 79.1 Å². The Morgan fingerprint density at radius 1 is 0.958 bits per heavy atom. The number of aliphatic carboxylic acids is 1. The minimum Gasteiger partial charge on any atom is -0.481 e. The average molecular weight is 341 g/mol. The largest absolute Gasteiger partial charge is 0.481 e. The van der Waals surface area contributed by atoms with Crippen molar-refractivity contribution in [3.05, 3.63) is 24.3 Å². The standard InChI is InChI=1S/2C10H18O2/c1-3-5-6-7-8-9-10(11)12-4-2;1-3-5-6-7-8-9(4-2)10(11)12/h7-8H,3-6,9H2,1-2H3;7-9H,3-6H2,1-2H3,(H,11,12). The highest BCUT2D eigenvalue weighted by atomic mass is 16.5. The fraction of sp³-hybridized carbons (Fsp3) is 0.700. The van der Waals surface area contributed by atoms with Crippen LogP contribution in [0.25, 0.3) is 0 Å². The van der Waals surface area contributed by atoms with Gasteiger partial charge in [0.1, 0.15) is 0 Å². The van der Waals surface area contributed by atoms with E-state index in [1.165, 1.54) is 12.8 Å². The molecule has 0 fully saturated rings. The third kappa shape index (κ3) is 18.5. The number of carboxylic acids is 1. The number of carbonyl (C=O) groups excluding carboxylic acids is 1. The van der Waals surface area contributed by atoms with Crippen LogP contribution < -0.4 is 0 Å². The van der Waals surface area contributed by atoms with E-state index < -0.39 is 5.97 Å². The molecule has 0 aromatic carbocycles. The molecule has 0 spiro atoms. The van der Waals surface area contributed by atoms with Crippen molar-refractivity contribution in [3.63, 3.8) is 0 Å². The van der Waals surface area contributed by atoms with Crippen molar-refractivity contribution in [3.8, 4) is 0 Å². The minimum atomic E-state index is -0.717. The highest BCUT2D eigenvalue weighted by Gasteiger charge is 2.09. The maximum atomic E-state index is 10.8. The number of carboxylic acid groups (broad SMARTS) is 1. The van der Waals surface area contributed by atoms with Crippen LogP contribution in [0.15, 0.2) is 24.3 Å². The molecule has 0 aromatic rings. The van der Waals surface area contributed by atoms with Crippen LogP contribution in [0.4, 0.5) is 0 Å². The van der Waals surface area contributed by atoms with E-state index in [1.807, 2.05) is 32.1 Å². The Morgan fingerprint density at radius 3 is 2.00 bits per heavy atom. The molecule has 24 heavy (non-hydrogen) atoms. The molecule has 1 atom stereocenters. The Balaban J connectivity index is 0. The molecule has 0 rings (SSSR count). The number of unbranched alkanes of at least 4 members (excludes halogenated alkanes) is 4. The van der Waals surface area contributed by atoms with E-state index in [0.29, 0.717) is 19.4 Å². The zero-order valence-electron chi connectivity index (χ0n) is 15.9. The van der Waals surface area contributed by atoms with Gasteiger partial charge in [-0.05, 0) is 26.2 Å². The predicted molar refractivity (Wildman–Crippen MR) is 100.0 cm³/mol. The number of rotatable bonds is 12. The quantitative estimate of drug-likeness (QED) is 0.288. The minimum absolute atomic E-state index is 0.134. The van der Waals surface area contributed by atoms with E-state index in [2.05, 4.69) is 13.8 Å². The highest BCUT2D eigenvalue weighted by molar-refractivity contribution is 5.72. The predicted octanol–water partition coefficient (Wildman–Crippen LogP) is 5.53. The maximum Gasteiger partial charge on any atom is 0.310 e. The van der Waals surface area contributed by atoms with Gasteiger partial charge in [0.15, 0.2) is 0 Å².